The average Bonchev–Trinajstić information content (AvgIpc) is 3.65. The molecule has 0 atom stereocenters. The van der Waals surface area contributed by atoms with Gasteiger partial charge >= 0.3 is 6.09 Å². The van der Waals surface area contributed by atoms with E-state index in [-0.39, 0.29) is 5.76 Å². The number of amides is 1. The fraction of sp³-hybridized carbons (Fsp3) is 0.370. The molecule has 0 unspecified atom stereocenters. The Hall–Kier alpha value is -4.25. The van der Waals surface area contributed by atoms with Crippen molar-refractivity contribution in [3.8, 4) is 22.7 Å². The van der Waals surface area contributed by atoms with Crippen molar-refractivity contribution in [2.24, 2.45) is 0 Å². The standard InChI is InChI=1S/C25H28N6O5.C2H6/c1-5-34-13-12-30-16-19(22(29-30)18-8-6-7-11-26-18)28-23(32)21-10-9-20(35-21)17-14-27-31(15-17)24(33)36-25(2,3)4;1-2/h6-11,14-16H,5,12-13H2,1-4H3,(H,28,32);1-2H3. The molecule has 0 spiro atoms. The van der Waals surface area contributed by atoms with Crippen molar-refractivity contribution >= 4 is 17.7 Å². The van der Waals surface area contributed by atoms with Crippen molar-refractivity contribution in [3.63, 3.8) is 0 Å². The second-order valence-corrected chi connectivity index (χ2v) is 8.84. The normalized spacial score (nSPS) is 11.0. The number of nitrogens with zero attached hydrogens (tertiary/aromatic N) is 5. The predicted octanol–water partition coefficient (Wildman–Crippen LogP) is 5.50. The van der Waals surface area contributed by atoms with Crippen LogP contribution in [-0.2, 0) is 16.0 Å². The van der Waals surface area contributed by atoms with Gasteiger partial charge in [0.1, 0.15) is 17.1 Å². The fourth-order valence-electron chi connectivity index (χ4n) is 3.28. The molecule has 202 valence electrons. The van der Waals surface area contributed by atoms with E-state index in [2.05, 4.69) is 20.5 Å². The number of ether oxygens (including phenoxy) is 2. The van der Waals surface area contributed by atoms with Crippen LogP contribution in [0.5, 0.6) is 0 Å². The van der Waals surface area contributed by atoms with Crippen LogP contribution in [-0.4, -0.2) is 55.4 Å². The van der Waals surface area contributed by atoms with Gasteiger partial charge in [-0.15, -0.1) is 0 Å². The zero-order chi connectivity index (χ0) is 27.7. The summed E-state index contributed by atoms with van der Waals surface area (Å²) in [4.78, 5) is 29.6. The van der Waals surface area contributed by atoms with Crippen LogP contribution in [0, 0.1) is 0 Å². The van der Waals surface area contributed by atoms with E-state index >= 15 is 0 Å². The first-order valence-electron chi connectivity index (χ1n) is 12.5. The Morgan fingerprint density at radius 2 is 1.89 bits per heavy atom. The molecule has 11 nitrogen and oxygen atoms in total. The van der Waals surface area contributed by atoms with E-state index in [0.717, 1.165) is 4.68 Å². The topological polar surface area (TPSA) is 126 Å². The van der Waals surface area contributed by atoms with Crippen LogP contribution in [0.3, 0.4) is 0 Å². The number of anilines is 1. The maximum atomic E-state index is 13.0. The number of hydrogen-bond acceptors (Lipinski definition) is 8. The first-order valence-corrected chi connectivity index (χ1v) is 12.5. The third-order valence-electron chi connectivity index (χ3n) is 4.86. The Bertz CT molecular complexity index is 1330. The molecule has 4 heterocycles. The molecule has 0 aliphatic carbocycles. The van der Waals surface area contributed by atoms with Gasteiger partial charge in [-0.05, 0) is 52.0 Å². The minimum absolute atomic E-state index is 0.0871. The SMILES string of the molecule is CC.CCOCCn1cc(NC(=O)c2ccc(-c3cnn(C(=O)OC(C)(C)C)c3)o2)c(-c2ccccn2)n1. The Morgan fingerprint density at radius 1 is 1.11 bits per heavy atom. The van der Waals surface area contributed by atoms with Crippen molar-refractivity contribution in [1.29, 1.82) is 0 Å². The third kappa shape index (κ3) is 7.39. The largest absolute Gasteiger partial charge is 0.451 e. The molecule has 0 bridgehead atoms. The van der Waals surface area contributed by atoms with E-state index in [1.807, 2.05) is 39.0 Å². The van der Waals surface area contributed by atoms with E-state index in [9.17, 15) is 9.59 Å². The van der Waals surface area contributed by atoms with E-state index in [4.69, 9.17) is 13.9 Å². The lowest BCUT2D eigenvalue weighted by molar-refractivity contribution is 0.0514. The minimum Gasteiger partial charge on any atom is -0.451 e. The number of hydrogen-bond donors (Lipinski definition) is 1. The lowest BCUT2D eigenvalue weighted by Gasteiger charge is -2.18. The summed E-state index contributed by atoms with van der Waals surface area (Å²) in [7, 11) is 0. The summed E-state index contributed by atoms with van der Waals surface area (Å²) in [5.41, 5.74) is 1.52. The molecule has 0 saturated heterocycles. The van der Waals surface area contributed by atoms with Gasteiger partial charge < -0.3 is 19.2 Å². The highest BCUT2D eigenvalue weighted by Gasteiger charge is 2.21. The van der Waals surface area contributed by atoms with Crippen LogP contribution in [0.25, 0.3) is 22.7 Å². The van der Waals surface area contributed by atoms with Gasteiger partial charge in [0.15, 0.2) is 5.76 Å². The smallest absolute Gasteiger partial charge is 0.435 e. The van der Waals surface area contributed by atoms with Crippen molar-refractivity contribution in [2.75, 3.05) is 18.5 Å². The number of rotatable bonds is 8. The first-order chi connectivity index (χ1) is 18.2. The fourth-order valence-corrected chi connectivity index (χ4v) is 3.28. The van der Waals surface area contributed by atoms with E-state index in [1.54, 1.807) is 50.0 Å². The summed E-state index contributed by atoms with van der Waals surface area (Å²) in [5.74, 6) is 0.0127. The second kappa shape index (κ2) is 12.8. The van der Waals surface area contributed by atoms with Gasteiger partial charge in [0.2, 0.25) is 0 Å². The molecule has 4 aromatic heterocycles. The van der Waals surface area contributed by atoms with Crippen LogP contribution in [0.1, 0.15) is 52.1 Å². The Labute approximate surface area is 221 Å². The van der Waals surface area contributed by atoms with Gasteiger partial charge in [-0.3, -0.25) is 14.5 Å². The maximum absolute atomic E-state index is 13.0. The molecule has 1 N–H and O–H groups in total. The summed E-state index contributed by atoms with van der Waals surface area (Å²) in [6, 6.07) is 8.66. The maximum Gasteiger partial charge on any atom is 0.435 e. The molecular formula is C27H34N6O5. The second-order valence-electron chi connectivity index (χ2n) is 8.84. The van der Waals surface area contributed by atoms with E-state index in [0.29, 0.717) is 48.2 Å². The summed E-state index contributed by atoms with van der Waals surface area (Å²) in [6.07, 6.45) is 5.73. The summed E-state index contributed by atoms with van der Waals surface area (Å²) in [5, 5.41) is 11.5. The highest BCUT2D eigenvalue weighted by atomic mass is 16.6. The monoisotopic (exact) mass is 522 g/mol. The average molecular weight is 523 g/mol. The number of furan rings is 1. The summed E-state index contributed by atoms with van der Waals surface area (Å²) >= 11 is 0. The minimum atomic E-state index is -0.649. The molecule has 11 heteroatoms. The Morgan fingerprint density at radius 3 is 2.58 bits per heavy atom. The molecule has 0 saturated carbocycles. The zero-order valence-corrected chi connectivity index (χ0v) is 22.6. The number of aromatic nitrogens is 5. The Balaban J connectivity index is 0.00000195. The van der Waals surface area contributed by atoms with Crippen LogP contribution in [0.15, 0.2) is 59.5 Å². The van der Waals surface area contributed by atoms with Crippen molar-refractivity contribution in [3.05, 3.63) is 60.9 Å². The third-order valence-corrected chi connectivity index (χ3v) is 4.86. The van der Waals surface area contributed by atoms with Gasteiger partial charge in [0.05, 0.1) is 36.3 Å². The highest BCUT2D eigenvalue weighted by Crippen LogP contribution is 2.27. The van der Waals surface area contributed by atoms with Crippen molar-refractivity contribution in [2.45, 2.75) is 53.7 Å². The molecule has 0 aromatic carbocycles. The molecule has 4 rings (SSSR count). The lowest BCUT2D eigenvalue weighted by Crippen LogP contribution is -2.27. The van der Waals surface area contributed by atoms with Gasteiger partial charge in [0, 0.05) is 25.2 Å². The quantitative estimate of drug-likeness (QED) is 0.301. The molecule has 0 radical (unpaired) electrons. The van der Waals surface area contributed by atoms with Gasteiger partial charge in [-0.25, -0.2) is 4.79 Å². The summed E-state index contributed by atoms with van der Waals surface area (Å²) < 4.78 is 19.3. The Kier molecular flexibility index (Phi) is 9.55. The molecule has 0 aliphatic heterocycles. The van der Waals surface area contributed by atoms with E-state index < -0.39 is 17.6 Å². The van der Waals surface area contributed by atoms with Crippen LogP contribution in [0.4, 0.5) is 10.5 Å². The van der Waals surface area contributed by atoms with Crippen LogP contribution < -0.4 is 5.32 Å². The number of carbonyl (C=O) groups excluding carboxylic acids is 2. The van der Waals surface area contributed by atoms with Crippen LogP contribution >= 0.6 is 0 Å². The number of pyridine rings is 1. The lowest BCUT2D eigenvalue weighted by atomic mass is 10.2. The number of carbonyl (C=O) groups is 2. The first kappa shape index (κ1) is 28.3. The van der Waals surface area contributed by atoms with Crippen molar-refractivity contribution in [1.82, 2.24) is 24.5 Å². The van der Waals surface area contributed by atoms with Crippen LogP contribution in [0.2, 0.25) is 0 Å². The van der Waals surface area contributed by atoms with E-state index in [1.165, 1.54) is 12.4 Å². The molecule has 4 aromatic rings. The molecule has 38 heavy (non-hydrogen) atoms. The molecule has 0 aliphatic rings. The summed E-state index contributed by atoms with van der Waals surface area (Å²) in [6.45, 7) is 12.9. The van der Waals surface area contributed by atoms with Gasteiger partial charge in [-0.2, -0.15) is 14.9 Å². The predicted molar refractivity (Wildman–Crippen MR) is 143 cm³/mol. The number of nitrogens with one attached hydrogen (secondary N) is 1. The van der Waals surface area contributed by atoms with Gasteiger partial charge in [0.25, 0.3) is 5.91 Å². The molecular weight excluding hydrogens is 488 g/mol. The molecule has 0 fully saturated rings. The zero-order valence-electron chi connectivity index (χ0n) is 22.6. The van der Waals surface area contributed by atoms with Gasteiger partial charge in [-0.1, -0.05) is 19.9 Å². The molecule has 1 amide bonds. The van der Waals surface area contributed by atoms with Crippen molar-refractivity contribution < 1.29 is 23.5 Å². The highest BCUT2D eigenvalue weighted by molar-refractivity contribution is 6.04.